The molecule has 1 heterocycles. The van der Waals surface area contributed by atoms with Gasteiger partial charge in [0.25, 0.3) is 11.8 Å². The van der Waals surface area contributed by atoms with Crippen LogP contribution >= 0.6 is 34.5 Å². The van der Waals surface area contributed by atoms with Gasteiger partial charge in [0.1, 0.15) is 11.8 Å². The van der Waals surface area contributed by atoms with Gasteiger partial charge in [0.05, 0.1) is 20.5 Å². The highest BCUT2D eigenvalue weighted by molar-refractivity contribution is 7.12. The third kappa shape index (κ3) is 7.71. The summed E-state index contributed by atoms with van der Waals surface area (Å²) in [6, 6.07) is 12.5. The average molecular weight is 535 g/mol. The summed E-state index contributed by atoms with van der Waals surface area (Å²) in [5, 5.41) is 26.2. The van der Waals surface area contributed by atoms with E-state index in [1.165, 1.54) is 11.3 Å². The van der Waals surface area contributed by atoms with E-state index >= 15 is 0 Å². The molecule has 2 amide bonds. The van der Waals surface area contributed by atoms with Gasteiger partial charge in [-0.1, -0.05) is 41.4 Å². The summed E-state index contributed by atoms with van der Waals surface area (Å²) in [5.41, 5.74) is 1.84. The number of amides is 2. The van der Waals surface area contributed by atoms with Crippen LogP contribution < -0.4 is 10.6 Å². The molecule has 184 valence electrons. The van der Waals surface area contributed by atoms with Crippen LogP contribution in [0.5, 0.6) is 5.75 Å². The van der Waals surface area contributed by atoms with Crippen molar-refractivity contribution in [3.63, 3.8) is 0 Å². The fraction of sp³-hybridized carbons (Fsp3) is 0.240. The Morgan fingerprint density at radius 1 is 0.943 bits per heavy atom. The van der Waals surface area contributed by atoms with Gasteiger partial charge in [0.15, 0.2) is 0 Å². The normalized spacial score (nSPS) is 11.6. The number of hydrogen-bond acceptors (Lipinski definition) is 5. The number of halogens is 2. The maximum atomic E-state index is 12.8. The number of carboxylic acids is 1. The molecule has 1 aromatic heterocycles. The number of carbonyl (C=O) groups is 3. The summed E-state index contributed by atoms with van der Waals surface area (Å²) in [6.45, 7) is 0.0631. The van der Waals surface area contributed by atoms with Gasteiger partial charge in [-0.15, -0.1) is 11.3 Å². The molecule has 0 bridgehead atoms. The van der Waals surface area contributed by atoms with Crippen molar-refractivity contribution in [2.75, 3.05) is 6.54 Å². The molecule has 3 aromatic rings. The molecule has 3 rings (SSSR count). The van der Waals surface area contributed by atoms with Crippen LogP contribution in [0.3, 0.4) is 0 Å². The zero-order valence-electron chi connectivity index (χ0n) is 18.6. The molecule has 4 N–H and O–H groups in total. The molecule has 0 aliphatic rings. The Bertz CT molecular complexity index is 1180. The summed E-state index contributed by atoms with van der Waals surface area (Å²) < 4.78 is 0. The third-order valence-corrected chi connectivity index (χ3v) is 6.70. The van der Waals surface area contributed by atoms with Crippen LogP contribution in [-0.2, 0) is 17.6 Å². The molecule has 1 atom stereocenters. The standard InChI is InChI=1S/C25H24Cl2N2O5S/c26-18-13-16(6-1-4-15-5-2-7-17(30)12-15)14-19(27)22(18)24(32)29-20(25(33)34)9-10-28-23(31)21-8-3-11-35-21/h2-3,5,7-8,11-14,20,30H,1,4,6,9-10H2,(H,28,31)(H,29,32)(H,33,34)/t20-/m0/s1. The number of thiophene rings is 1. The van der Waals surface area contributed by atoms with Crippen molar-refractivity contribution in [2.45, 2.75) is 31.7 Å². The Morgan fingerprint density at radius 3 is 2.29 bits per heavy atom. The molecule has 0 radical (unpaired) electrons. The molecule has 0 fully saturated rings. The van der Waals surface area contributed by atoms with Crippen LogP contribution in [0.1, 0.15) is 44.0 Å². The molecule has 10 heteroatoms. The van der Waals surface area contributed by atoms with Crippen molar-refractivity contribution in [3.8, 4) is 5.75 Å². The lowest BCUT2D eigenvalue weighted by Crippen LogP contribution is -2.43. The Hall–Kier alpha value is -3.07. The number of aliphatic carboxylic acids is 1. The molecular weight excluding hydrogens is 511 g/mol. The van der Waals surface area contributed by atoms with Crippen molar-refractivity contribution in [1.82, 2.24) is 10.6 Å². The lowest BCUT2D eigenvalue weighted by atomic mass is 10.0. The molecule has 0 unspecified atom stereocenters. The Kier molecular flexibility index (Phi) is 9.54. The van der Waals surface area contributed by atoms with E-state index in [9.17, 15) is 24.6 Å². The highest BCUT2D eigenvalue weighted by Crippen LogP contribution is 2.28. The molecule has 0 aliphatic carbocycles. The van der Waals surface area contributed by atoms with Crippen molar-refractivity contribution < 1.29 is 24.6 Å². The number of rotatable bonds is 11. The van der Waals surface area contributed by atoms with E-state index in [1.807, 2.05) is 6.07 Å². The fourth-order valence-electron chi connectivity index (χ4n) is 3.51. The van der Waals surface area contributed by atoms with Gasteiger partial charge in [-0.05, 0) is 72.5 Å². The lowest BCUT2D eigenvalue weighted by molar-refractivity contribution is -0.139. The maximum absolute atomic E-state index is 12.8. The Labute approximate surface area is 216 Å². The molecule has 0 saturated heterocycles. The van der Waals surface area contributed by atoms with E-state index < -0.39 is 17.9 Å². The summed E-state index contributed by atoms with van der Waals surface area (Å²) in [7, 11) is 0. The lowest BCUT2D eigenvalue weighted by Gasteiger charge is -2.16. The van der Waals surface area contributed by atoms with Gasteiger partial charge in [-0.25, -0.2) is 4.79 Å². The van der Waals surface area contributed by atoms with Crippen LogP contribution in [0, 0.1) is 0 Å². The van der Waals surface area contributed by atoms with Gasteiger partial charge in [-0.2, -0.15) is 0 Å². The van der Waals surface area contributed by atoms with Crippen molar-refractivity contribution in [1.29, 1.82) is 0 Å². The number of carboxylic acid groups (broad SMARTS) is 1. The first kappa shape index (κ1) is 26.5. The highest BCUT2D eigenvalue weighted by Gasteiger charge is 2.24. The van der Waals surface area contributed by atoms with Crippen LogP contribution in [0.15, 0.2) is 53.9 Å². The minimum atomic E-state index is -1.24. The molecule has 2 aromatic carbocycles. The quantitative estimate of drug-likeness (QED) is 0.278. The number of aromatic hydroxyl groups is 1. The van der Waals surface area contributed by atoms with Gasteiger partial charge in [-0.3, -0.25) is 9.59 Å². The van der Waals surface area contributed by atoms with Gasteiger partial charge < -0.3 is 20.8 Å². The molecule has 0 spiro atoms. The molecule has 0 aliphatic heterocycles. The van der Waals surface area contributed by atoms with E-state index in [2.05, 4.69) is 10.6 Å². The number of phenols is 1. The van der Waals surface area contributed by atoms with Crippen LogP contribution in [-0.4, -0.2) is 40.6 Å². The monoisotopic (exact) mass is 534 g/mol. The second kappa shape index (κ2) is 12.6. The predicted octanol–water partition coefficient (Wildman–Crippen LogP) is 4.94. The van der Waals surface area contributed by atoms with Crippen LogP contribution in [0.2, 0.25) is 10.0 Å². The van der Waals surface area contributed by atoms with Crippen LogP contribution in [0.25, 0.3) is 0 Å². The fourth-order valence-corrected chi connectivity index (χ4v) is 4.85. The topological polar surface area (TPSA) is 116 Å². The van der Waals surface area contributed by atoms with E-state index in [1.54, 1.807) is 47.8 Å². The first-order chi connectivity index (χ1) is 16.7. The van der Waals surface area contributed by atoms with Gasteiger partial charge >= 0.3 is 5.97 Å². The largest absolute Gasteiger partial charge is 0.508 e. The SMILES string of the molecule is O=C(NCC[C@H](NC(=O)c1c(Cl)cc(CCCc2cccc(O)c2)cc1Cl)C(=O)O)c1cccs1. The Morgan fingerprint density at radius 2 is 1.66 bits per heavy atom. The third-order valence-electron chi connectivity index (χ3n) is 5.24. The van der Waals surface area contributed by atoms with Crippen molar-refractivity contribution in [2.24, 2.45) is 0 Å². The Balaban J connectivity index is 1.57. The molecule has 35 heavy (non-hydrogen) atoms. The number of aryl methyl sites for hydroxylation is 2. The second-order valence-electron chi connectivity index (χ2n) is 7.84. The maximum Gasteiger partial charge on any atom is 0.326 e. The van der Waals surface area contributed by atoms with Gasteiger partial charge in [0, 0.05) is 6.54 Å². The van der Waals surface area contributed by atoms with E-state index in [0.717, 1.165) is 24.0 Å². The molecule has 7 nitrogen and oxygen atoms in total. The number of benzene rings is 2. The van der Waals surface area contributed by atoms with Crippen molar-refractivity contribution in [3.05, 3.63) is 85.5 Å². The predicted molar refractivity (Wildman–Crippen MR) is 137 cm³/mol. The number of carbonyl (C=O) groups excluding carboxylic acids is 2. The minimum absolute atomic E-state index is 0.000985. The summed E-state index contributed by atoms with van der Waals surface area (Å²) in [4.78, 5) is 36.9. The van der Waals surface area contributed by atoms with Gasteiger partial charge in [0.2, 0.25) is 0 Å². The summed E-state index contributed by atoms with van der Waals surface area (Å²) >= 11 is 13.9. The van der Waals surface area contributed by atoms with E-state index in [4.69, 9.17) is 23.2 Å². The second-order valence-corrected chi connectivity index (χ2v) is 9.61. The average Bonchev–Trinajstić information content (AvgIpc) is 3.33. The first-order valence-corrected chi connectivity index (χ1v) is 12.5. The zero-order valence-corrected chi connectivity index (χ0v) is 20.9. The van der Waals surface area contributed by atoms with Crippen LogP contribution in [0.4, 0.5) is 0 Å². The number of nitrogens with one attached hydrogen (secondary N) is 2. The number of hydrogen-bond donors (Lipinski definition) is 4. The number of phenolic OH excluding ortho intramolecular Hbond substituents is 1. The zero-order chi connectivity index (χ0) is 25.4. The van der Waals surface area contributed by atoms with E-state index in [0.29, 0.717) is 11.3 Å². The van der Waals surface area contributed by atoms with Crippen molar-refractivity contribution >= 4 is 52.3 Å². The summed E-state index contributed by atoms with van der Waals surface area (Å²) in [5.74, 6) is -2.03. The minimum Gasteiger partial charge on any atom is -0.508 e. The highest BCUT2D eigenvalue weighted by atomic mass is 35.5. The smallest absolute Gasteiger partial charge is 0.326 e. The van der Waals surface area contributed by atoms with E-state index in [-0.39, 0.29) is 40.2 Å². The molecule has 0 saturated carbocycles. The first-order valence-electron chi connectivity index (χ1n) is 10.9. The molecular formula is C25H24Cl2N2O5S. The summed E-state index contributed by atoms with van der Waals surface area (Å²) in [6.07, 6.45) is 2.16.